The highest BCUT2D eigenvalue weighted by molar-refractivity contribution is 7.13. The Morgan fingerprint density at radius 2 is 1.90 bits per heavy atom. The van der Waals surface area contributed by atoms with E-state index in [1.54, 1.807) is 13.0 Å². The number of carbonyl (C=O) groups excluding carboxylic acids is 1. The van der Waals surface area contributed by atoms with E-state index in [9.17, 15) is 18.0 Å². The smallest absolute Gasteiger partial charge is 0.325 e. The molecule has 7 heteroatoms. The van der Waals surface area contributed by atoms with Crippen molar-refractivity contribution >= 4 is 17.2 Å². The second-order valence-corrected chi connectivity index (χ2v) is 5.75. The molecule has 1 aromatic carbocycles. The van der Waals surface area contributed by atoms with Crippen LogP contribution in [0.15, 0.2) is 36.5 Å². The Kier molecular flexibility index (Phi) is 4.32. The van der Waals surface area contributed by atoms with Gasteiger partial charge in [-0.1, -0.05) is 30.3 Å². The summed E-state index contributed by atoms with van der Waals surface area (Å²) in [5.41, 5.74) is 0.0297. The maximum Gasteiger partial charge on any atom is 0.413 e. The topological polar surface area (TPSA) is 33.2 Å². The van der Waals surface area contributed by atoms with Crippen LogP contribution in [-0.2, 0) is 0 Å². The molecule has 0 spiro atoms. The molecule has 112 valence electrons. The molecule has 1 atom stereocenters. The third-order valence-corrected chi connectivity index (χ3v) is 3.87. The lowest BCUT2D eigenvalue weighted by atomic mass is 10.1. The minimum absolute atomic E-state index is 0.0297. The van der Waals surface area contributed by atoms with Gasteiger partial charge in [0.25, 0.3) is 5.91 Å². The molecule has 0 fully saturated rings. The van der Waals surface area contributed by atoms with E-state index >= 15 is 0 Å². The van der Waals surface area contributed by atoms with Gasteiger partial charge in [-0.2, -0.15) is 13.2 Å². The summed E-state index contributed by atoms with van der Waals surface area (Å²) >= 11 is 1.08. The van der Waals surface area contributed by atoms with Gasteiger partial charge in [0, 0.05) is 7.05 Å². The number of aromatic nitrogens is 1. The number of carbonyl (C=O) groups is 1. The first-order valence-electron chi connectivity index (χ1n) is 6.12. The maximum absolute atomic E-state index is 13.3. The minimum atomic E-state index is -4.55. The van der Waals surface area contributed by atoms with E-state index in [4.69, 9.17) is 0 Å². The lowest BCUT2D eigenvalue weighted by molar-refractivity contribution is -0.176. The predicted octanol–water partition coefficient (Wildman–Crippen LogP) is 3.83. The maximum atomic E-state index is 13.3. The summed E-state index contributed by atoms with van der Waals surface area (Å²) in [6.07, 6.45) is -3.25. The number of benzene rings is 1. The molecular formula is C14H13F3N2OS. The van der Waals surface area contributed by atoms with Crippen molar-refractivity contribution in [2.75, 3.05) is 7.05 Å². The number of hydrogen-bond acceptors (Lipinski definition) is 3. The summed E-state index contributed by atoms with van der Waals surface area (Å²) in [6.45, 7) is 1.69. The SMILES string of the molecule is Cc1ncc(C(=O)N(C)[C@H](c2ccccc2)C(F)(F)F)s1. The number of aryl methyl sites for hydroxylation is 1. The highest BCUT2D eigenvalue weighted by Gasteiger charge is 2.45. The van der Waals surface area contributed by atoms with Crippen molar-refractivity contribution in [2.45, 2.75) is 19.1 Å². The fourth-order valence-corrected chi connectivity index (χ4v) is 2.78. The molecule has 0 saturated carbocycles. The normalized spacial score (nSPS) is 13.0. The average Bonchev–Trinajstić information content (AvgIpc) is 2.84. The van der Waals surface area contributed by atoms with E-state index in [0.29, 0.717) is 9.91 Å². The van der Waals surface area contributed by atoms with Gasteiger partial charge in [-0.15, -0.1) is 11.3 Å². The van der Waals surface area contributed by atoms with E-state index in [1.807, 2.05) is 0 Å². The second-order valence-electron chi connectivity index (χ2n) is 4.51. The van der Waals surface area contributed by atoms with Gasteiger partial charge in [-0.3, -0.25) is 4.79 Å². The summed E-state index contributed by atoms with van der Waals surface area (Å²) < 4.78 is 40.0. The zero-order valence-electron chi connectivity index (χ0n) is 11.4. The third kappa shape index (κ3) is 3.41. The Morgan fingerprint density at radius 3 is 2.38 bits per heavy atom. The molecule has 0 radical (unpaired) electrons. The van der Waals surface area contributed by atoms with Gasteiger partial charge in [0.2, 0.25) is 0 Å². The second kappa shape index (κ2) is 5.85. The number of rotatable bonds is 3. The lowest BCUT2D eigenvalue weighted by Crippen LogP contribution is -2.39. The molecule has 0 N–H and O–H groups in total. The highest BCUT2D eigenvalue weighted by Crippen LogP contribution is 2.37. The number of hydrogen-bond donors (Lipinski definition) is 0. The number of alkyl halides is 3. The summed E-state index contributed by atoms with van der Waals surface area (Å²) in [5, 5.41) is 0.634. The van der Waals surface area contributed by atoms with Crippen LogP contribution >= 0.6 is 11.3 Å². The molecule has 0 bridgehead atoms. The molecule has 0 aliphatic heterocycles. The summed E-state index contributed by atoms with van der Waals surface area (Å²) in [6, 6.07) is 5.41. The van der Waals surface area contributed by atoms with Crippen molar-refractivity contribution < 1.29 is 18.0 Å². The van der Waals surface area contributed by atoms with Crippen LogP contribution in [0.3, 0.4) is 0 Å². The first-order chi connectivity index (χ1) is 9.80. The van der Waals surface area contributed by atoms with E-state index in [1.165, 1.54) is 30.5 Å². The van der Waals surface area contributed by atoms with E-state index in [0.717, 1.165) is 18.4 Å². The van der Waals surface area contributed by atoms with Gasteiger partial charge >= 0.3 is 6.18 Å². The molecular weight excluding hydrogens is 301 g/mol. The third-order valence-electron chi connectivity index (χ3n) is 2.97. The zero-order chi connectivity index (χ0) is 15.6. The standard InChI is InChI=1S/C14H13F3N2OS/c1-9-18-8-11(21-9)13(20)19(2)12(14(15,16)17)10-6-4-3-5-7-10/h3-8,12H,1-2H3/t12-/m1/s1. The molecule has 0 aliphatic rings. The Morgan fingerprint density at radius 1 is 1.29 bits per heavy atom. The first-order valence-corrected chi connectivity index (χ1v) is 6.93. The Bertz CT molecular complexity index is 625. The highest BCUT2D eigenvalue weighted by atomic mass is 32.1. The molecule has 2 aromatic rings. The largest absolute Gasteiger partial charge is 0.413 e. The molecule has 3 nitrogen and oxygen atoms in total. The number of halogens is 3. The van der Waals surface area contributed by atoms with Crippen LogP contribution < -0.4 is 0 Å². The summed E-state index contributed by atoms with van der Waals surface area (Å²) in [7, 11) is 1.16. The summed E-state index contributed by atoms with van der Waals surface area (Å²) in [4.78, 5) is 17.0. The molecule has 1 heterocycles. The molecule has 1 aromatic heterocycles. The zero-order valence-corrected chi connectivity index (χ0v) is 12.2. The lowest BCUT2D eigenvalue weighted by Gasteiger charge is -2.30. The Hall–Kier alpha value is -1.89. The minimum Gasteiger partial charge on any atom is -0.325 e. The molecule has 21 heavy (non-hydrogen) atoms. The fourth-order valence-electron chi connectivity index (χ4n) is 2.02. The van der Waals surface area contributed by atoms with Gasteiger partial charge in [-0.05, 0) is 12.5 Å². The van der Waals surface area contributed by atoms with Crippen molar-refractivity contribution in [2.24, 2.45) is 0 Å². The van der Waals surface area contributed by atoms with Crippen LogP contribution in [0.1, 0.15) is 26.3 Å². The van der Waals surface area contributed by atoms with E-state index < -0.39 is 18.1 Å². The van der Waals surface area contributed by atoms with Crippen LogP contribution in [0.2, 0.25) is 0 Å². The van der Waals surface area contributed by atoms with Gasteiger partial charge in [0.15, 0.2) is 6.04 Å². The van der Waals surface area contributed by atoms with Crippen LogP contribution in [0.5, 0.6) is 0 Å². The molecule has 0 aliphatic carbocycles. The van der Waals surface area contributed by atoms with Crippen LogP contribution in [0.25, 0.3) is 0 Å². The van der Waals surface area contributed by atoms with Crippen molar-refractivity contribution in [3.8, 4) is 0 Å². The number of nitrogens with zero attached hydrogens (tertiary/aromatic N) is 2. The fraction of sp³-hybridized carbons (Fsp3) is 0.286. The number of thiazole rings is 1. The predicted molar refractivity (Wildman–Crippen MR) is 74.2 cm³/mol. The monoisotopic (exact) mass is 314 g/mol. The Balaban J connectivity index is 2.36. The summed E-state index contributed by atoms with van der Waals surface area (Å²) in [5.74, 6) is -0.688. The molecule has 1 amide bonds. The van der Waals surface area contributed by atoms with Gasteiger partial charge < -0.3 is 4.90 Å². The van der Waals surface area contributed by atoms with E-state index in [-0.39, 0.29) is 10.4 Å². The van der Waals surface area contributed by atoms with Crippen LogP contribution in [0, 0.1) is 6.92 Å². The van der Waals surface area contributed by atoms with Gasteiger partial charge in [0.1, 0.15) is 4.88 Å². The van der Waals surface area contributed by atoms with Crippen molar-refractivity contribution in [3.63, 3.8) is 0 Å². The first kappa shape index (κ1) is 15.5. The quantitative estimate of drug-likeness (QED) is 0.863. The molecule has 0 saturated heterocycles. The average molecular weight is 314 g/mol. The molecule has 2 rings (SSSR count). The van der Waals surface area contributed by atoms with Gasteiger partial charge in [-0.25, -0.2) is 4.98 Å². The van der Waals surface area contributed by atoms with E-state index in [2.05, 4.69) is 4.98 Å². The van der Waals surface area contributed by atoms with Crippen molar-refractivity contribution in [3.05, 3.63) is 52.0 Å². The number of amides is 1. The van der Waals surface area contributed by atoms with Crippen molar-refractivity contribution in [1.29, 1.82) is 0 Å². The molecule has 0 unspecified atom stereocenters. The Labute approximate surface area is 124 Å². The van der Waals surface area contributed by atoms with Crippen molar-refractivity contribution in [1.82, 2.24) is 9.88 Å². The van der Waals surface area contributed by atoms with Crippen LogP contribution in [-0.4, -0.2) is 29.0 Å². The van der Waals surface area contributed by atoms with Crippen LogP contribution in [0.4, 0.5) is 13.2 Å². The van der Waals surface area contributed by atoms with Gasteiger partial charge in [0.05, 0.1) is 11.2 Å².